The Morgan fingerprint density at radius 1 is 1.00 bits per heavy atom. The molecule has 0 aliphatic heterocycles. The van der Waals surface area contributed by atoms with Gasteiger partial charge in [0.1, 0.15) is 5.71 Å². The van der Waals surface area contributed by atoms with Gasteiger partial charge >= 0.3 is 12.1 Å². The highest BCUT2D eigenvalue weighted by atomic mass is 35.5. The summed E-state index contributed by atoms with van der Waals surface area (Å²) >= 11 is 11.7. The van der Waals surface area contributed by atoms with Crippen LogP contribution >= 0.6 is 23.2 Å². The molecule has 3 aromatic rings. The Balaban J connectivity index is 2.24. The molecule has 1 N–H and O–H groups in total. The number of alkyl halides is 3. The predicted octanol–water partition coefficient (Wildman–Crippen LogP) is 6.76. The predicted molar refractivity (Wildman–Crippen MR) is 114 cm³/mol. The monoisotopic (exact) mass is 467 g/mol. The zero-order valence-corrected chi connectivity index (χ0v) is 17.4. The number of oxime groups is 1. The fourth-order valence-electron chi connectivity index (χ4n) is 3.15. The van der Waals surface area contributed by atoms with Gasteiger partial charge in [0.2, 0.25) is 0 Å². The number of halogens is 5. The third-order valence-electron chi connectivity index (χ3n) is 4.47. The van der Waals surface area contributed by atoms with Crippen LogP contribution in [-0.2, 0) is 4.74 Å². The number of hydrogen-bond donors (Lipinski definition) is 1. The second-order valence-electron chi connectivity index (χ2n) is 6.40. The molecule has 0 atom stereocenters. The number of benzene rings is 3. The van der Waals surface area contributed by atoms with E-state index in [1.165, 1.54) is 25.3 Å². The smallest absolute Gasteiger partial charge is 0.417 e. The lowest BCUT2D eigenvalue weighted by molar-refractivity contribution is -0.0688. The minimum atomic E-state index is -4.80. The van der Waals surface area contributed by atoms with Gasteiger partial charge in [0.15, 0.2) is 0 Å². The molecule has 0 fully saturated rings. The maximum absolute atomic E-state index is 13.9. The minimum Gasteiger partial charge on any atom is -0.465 e. The van der Waals surface area contributed by atoms with Crippen LogP contribution in [0.1, 0.15) is 21.5 Å². The number of allylic oxidation sites excluding steroid dienone is 2. The van der Waals surface area contributed by atoms with Crippen molar-refractivity contribution in [3.05, 3.63) is 87.4 Å². The highest BCUT2D eigenvalue weighted by Gasteiger charge is 2.35. The first-order valence-corrected chi connectivity index (χ1v) is 9.49. The number of nitrogens with zero attached hydrogens (tertiary/aromatic N) is 1. The van der Waals surface area contributed by atoms with E-state index in [2.05, 4.69) is 5.16 Å². The zero-order valence-electron chi connectivity index (χ0n) is 15.9. The maximum atomic E-state index is 13.9. The molecule has 3 rings (SSSR count). The molecule has 0 radical (unpaired) electrons. The van der Waals surface area contributed by atoms with Crippen molar-refractivity contribution in [3.63, 3.8) is 0 Å². The van der Waals surface area contributed by atoms with Crippen LogP contribution in [-0.4, -0.2) is 30.2 Å². The lowest BCUT2D eigenvalue weighted by Gasteiger charge is -2.15. The van der Waals surface area contributed by atoms with Crippen molar-refractivity contribution < 1.29 is 27.9 Å². The summed E-state index contributed by atoms with van der Waals surface area (Å²) in [6.07, 6.45) is -4.10. The summed E-state index contributed by atoms with van der Waals surface area (Å²) in [6.45, 7) is 0. The number of carbonyl (C=O) groups is 1. The summed E-state index contributed by atoms with van der Waals surface area (Å²) in [6, 6.07) is 12.8. The van der Waals surface area contributed by atoms with E-state index in [0.29, 0.717) is 16.8 Å². The fraction of sp³-hybridized carbons (Fsp3) is 0.0909. The van der Waals surface area contributed by atoms with Crippen LogP contribution in [0, 0.1) is 0 Å². The number of esters is 1. The van der Waals surface area contributed by atoms with Crippen LogP contribution in [0.3, 0.4) is 0 Å². The number of carbonyl (C=O) groups excluding carboxylic acids is 1. The molecule has 160 valence electrons. The van der Waals surface area contributed by atoms with E-state index in [0.717, 1.165) is 12.1 Å². The van der Waals surface area contributed by atoms with Gasteiger partial charge in [-0.3, -0.25) is 0 Å². The summed E-state index contributed by atoms with van der Waals surface area (Å²) < 4.78 is 46.3. The van der Waals surface area contributed by atoms with Crippen molar-refractivity contribution in [2.24, 2.45) is 5.16 Å². The second kappa shape index (κ2) is 8.99. The summed E-state index contributed by atoms with van der Waals surface area (Å²) in [5, 5.41) is 13.5. The summed E-state index contributed by atoms with van der Waals surface area (Å²) in [5.74, 6) is -0.606. The first kappa shape index (κ1) is 22.7. The van der Waals surface area contributed by atoms with Crippen molar-refractivity contribution in [2.45, 2.75) is 6.18 Å². The van der Waals surface area contributed by atoms with E-state index in [1.54, 1.807) is 24.3 Å². The molecule has 0 aromatic heterocycles. The van der Waals surface area contributed by atoms with Crippen LogP contribution in [0.25, 0.3) is 16.3 Å². The molecule has 0 amide bonds. The first-order chi connectivity index (χ1) is 14.7. The molecule has 3 aromatic carbocycles. The molecule has 0 aliphatic rings. The largest absolute Gasteiger partial charge is 0.465 e. The third kappa shape index (κ3) is 4.84. The molecule has 0 unspecified atom stereocenters. The third-order valence-corrected chi connectivity index (χ3v) is 4.91. The van der Waals surface area contributed by atoms with Crippen molar-refractivity contribution in [2.75, 3.05) is 7.11 Å². The summed E-state index contributed by atoms with van der Waals surface area (Å²) in [7, 11) is 1.22. The van der Waals surface area contributed by atoms with Crippen LogP contribution in [0.2, 0.25) is 10.0 Å². The fourth-order valence-corrected chi connectivity index (χ4v) is 3.67. The zero-order chi connectivity index (χ0) is 22.8. The van der Waals surface area contributed by atoms with Gasteiger partial charge in [-0.25, -0.2) is 4.79 Å². The van der Waals surface area contributed by atoms with Gasteiger partial charge in [0.05, 0.1) is 18.2 Å². The minimum absolute atomic E-state index is 0.0213. The molecule has 0 aliphatic carbocycles. The van der Waals surface area contributed by atoms with E-state index in [-0.39, 0.29) is 32.4 Å². The molecule has 0 saturated heterocycles. The molecule has 9 heteroatoms. The van der Waals surface area contributed by atoms with Crippen molar-refractivity contribution >= 4 is 51.2 Å². The van der Waals surface area contributed by atoms with Gasteiger partial charge in [0, 0.05) is 15.6 Å². The number of fused-ring (bicyclic) bond motifs is 1. The van der Waals surface area contributed by atoms with Crippen LogP contribution in [0.15, 0.2) is 65.8 Å². The number of methoxy groups -OCH3 is 1. The Morgan fingerprint density at radius 2 is 1.55 bits per heavy atom. The highest BCUT2D eigenvalue weighted by Crippen LogP contribution is 2.37. The topological polar surface area (TPSA) is 58.9 Å². The van der Waals surface area contributed by atoms with Gasteiger partial charge in [-0.05, 0) is 46.7 Å². The van der Waals surface area contributed by atoms with Crippen molar-refractivity contribution in [1.29, 1.82) is 0 Å². The lowest BCUT2D eigenvalue weighted by Crippen LogP contribution is -2.14. The molecule has 0 spiro atoms. The van der Waals surface area contributed by atoms with Gasteiger partial charge < -0.3 is 9.94 Å². The molecule has 0 saturated carbocycles. The normalized spacial score (nSPS) is 12.8. The Labute approximate surface area is 185 Å². The first-order valence-electron chi connectivity index (χ1n) is 8.73. The maximum Gasteiger partial charge on any atom is 0.417 e. The van der Waals surface area contributed by atoms with Crippen LogP contribution in [0.5, 0.6) is 0 Å². The Morgan fingerprint density at radius 3 is 2.06 bits per heavy atom. The van der Waals surface area contributed by atoms with Crippen LogP contribution in [0.4, 0.5) is 13.2 Å². The number of ether oxygens (including phenoxy) is 1. The standard InChI is InChI=1S/C22H14Cl2F3NO3/c1-31-21(29)18-7-6-17(15-4-2-3-5-16(15)18)20(28-30)11-19(22(25,26)27)12-8-13(23)10-14(24)9-12/h2-11,30H,1H3. The van der Waals surface area contributed by atoms with E-state index in [4.69, 9.17) is 27.9 Å². The van der Waals surface area contributed by atoms with Crippen molar-refractivity contribution in [3.8, 4) is 0 Å². The Bertz CT molecular complexity index is 1200. The second-order valence-corrected chi connectivity index (χ2v) is 7.27. The summed E-state index contributed by atoms with van der Waals surface area (Å²) in [5.41, 5.74) is -1.36. The van der Waals surface area contributed by atoms with E-state index < -0.39 is 17.7 Å². The molecular weight excluding hydrogens is 454 g/mol. The molecular formula is C22H14Cl2F3NO3. The van der Waals surface area contributed by atoms with E-state index in [9.17, 15) is 23.2 Å². The SMILES string of the molecule is COC(=O)c1ccc(C(C=C(c2cc(Cl)cc(Cl)c2)C(F)(F)F)=NO)c2ccccc12. The lowest BCUT2D eigenvalue weighted by atomic mass is 9.94. The number of hydrogen-bond acceptors (Lipinski definition) is 4. The van der Waals surface area contributed by atoms with Crippen molar-refractivity contribution in [1.82, 2.24) is 0 Å². The quantitative estimate of drug-likeness (QED) is 0.199. The van der Waals surface area contributed by atoms with Gasteiger partial charge in [-0.2, -0.15) is 13.2 Å². The Hall–Kier alpha value is -3.03. The average molecular weight is 468 g/mol. The molecule has 0 bridgehead atoms. The van der Waals surface area contributed by atoms with Crippen LogP contribution < -0.4 is 0 Å². The molecule has 4 nitrogen and oxygen atoms in total. The van der Waals surface area contributed by atoms with Gasteiger partial charge in [-0.15, -0.1) is 0 Å². The highest BCUT2D eigenvalue weighted by molar-refractivity contribution is 6.35. The average Bonchev–Trinajstić information content (AvgIpc) is 2.72. The number of rotatable bonds is 4. The van der Waals surface area contributed by atoms with Gasteiger partial charge in [0.25, 0.3) is 0 Å². The summed E-state index contributed by atoms with van der Waals surface area (Å²) in [4.78, 5) is 12.0. The van der Waals surface area contributed by atoms with E-state index >= 15 is 0 Å². The molecule has 0 heterocycles. The Kier molecular flexibility index (Phi) is 6.57. The molecule has 31 heavy (non-hydrogen) atoms. The van der Waals surface area contributed by atoms with E-state index in [1.807, 2.05) is 0 Å². The van der Waals surface area contributed by atoms with Gasteiger partial charge in [-0.1, -0.05) is 58.7 Å².